The molecule has 0 radical (unpaired) electrons. The molecule has 0 atom stereocenters. The first-order chi connectivity index (χ1) is 15.0. The highest BCUT2D eigenvalue weighted by molar-refractivity contribution is 6.02. The normalized spacial score (nSPS) is 11.0. The van der Waals surface area contributed by atoms with E-state index in [0.717, 1.165) is 16.3 Å². The van der Waals surface area contributed by atoms with Crippen LogP contribution in [0, 0.1) is 0 Å². The van der Waals surface area contributed by atoms with Gasteiger partial charge in [0.2, 0.25) is 0 Å². The molecule has 6 nitrogen and oxygen atoms in total. The molecule has 0 saturated carbocycles. The van der Waals surface area contributed by atoms with Gasteiger partial charge in [-0.15, -0.1) is 0 Å². The van der Waals surface area contributed by atoms with E-state index in [1.807, 2.05) is 42.5 Å². The number of rotatable bonds is 6. The van der Waals surface area contributed by atoms with E-state index in [1.54, 1.807) is 30.3 Å². The molecule has 4 aromatic rings. The van der Waals surface area contributed by atoms with Crippen molar-refractivity contribution in [3.8, 4) is 17.1 Å². The van der Waals surface area contributed by atoms with Crippen LogP contribution in [0.15, 0.2) is 82.3 Å². The molecular weight excluding hydrogens is 392 g/mol. The average molecular weight is 412 g/mol. The van der Waals surface area contributed by atoms with E-state index in [2.05, 4.69) is 10.5 Å². The van der Waals surface area contributed by atoms with Gasteiger partial charge in [0, 0.05) is 11.1 Å². The third-order valence-electron chi connectivity index (χ3n) is 4.87. The molecule has 1 aromatic heterocycles. The fraction of sp³-hybridized carbons (Fsp3) is 0.0800. The smallest absolute Gasteiger partial charge is 0.275 e. The van der Waals surface area contributed by atoms with Gasteiger partial charge in [0.1, 0.15) is 17.3 Å². The number of hydrogen-bond acceptors (Lipinski definition) is 5. The van der Waals surface area contributed by atoms with E-state index in [9.17, 15) is 9.59 Å². The standard InChI is InChI=1S/C25H20N2O4/c1-16(28)17-7-9-18(10-8-17)23-12-11-21(31-23)15-26-27-25(29)22-13-19-5-3-4-6-20(19)14-24(22)30-2/h3-15H,1-2H3,(H,27,29). The summed E-state index contributed by atoms with van der Waals surface area (Å²) in [5.41, 5.74) is 4.39. The summed E-state index contributed by atoms with van der Waals surface area (Å²) in [4.78, 5) is 24.0. The molecule has 154 valence electrons. The number of fused-ring (bicyclic) bond motifs is 1. The second-order valence-electron chi connectivity index (χ2n) is 6.93. The number of nitrogens with zero attached hydrogens (tertiary/aromatic N) is 1. The van der Waals surface area contributed by atoms with Crippen LogP contribution in [0.5, 0.6) is 5.75 Å². The minimum absolute atomic E-state index is 0.0117. The lowest BCUT2D eigenvalue weighted by Crippen LogP contribution is -2.18. The number of ketones is 1. The summed E-state index contributed by atoms with van der Waals surface area (Å²) in [6.07, 6.45) is 1.43. The maximum atomic E-state index is 12.6. The van der Waals surface area contributed by atoms with Gasteiger partial charge >= 0.3 is 0 Å². The largest absolute Gasteiger partial charge is 0.496 e. The summed E-state index contributed by atoms with van der Waals surface area (Å²) in [6.45, 7) is 1.53. The molecule has 31 heavy (non-hydrogen) atoms. The Hall–Kier alpha value is -4.19. The van der Waals surface area contributed by atoms with Crippen molar-refractivity contribution in [3.63, 3.8) is 0 Å². The van der Waals surface area contributed by atoms with Crippen molar-refractivity contribution >= 4 is 28.7 Å². The number of hydrazone groups is 1. The maximum Gasteiger partial charge on any atom is 0.275 e. The van der Waals surface area contributed by atoms with Crippen LogP contribution in [0.2, 0.25) is 0 Å². The van der Waals surface area contributed by atoms with Crippen LogP contribution in [-0.4, -0.2) is 25.0 Å². The molecule has 0 bridgehead atoms. The van der Waals surface area contributed by atoms with E-state index < -0.39 is 0 Å². The predicted octanol–water partition coefficient (Wildman–Crippen LogP) is 5.07. The molecule has 0 aliphatic rings. The Kier molecular flexibility index (Phi) is 5.62. The molecule has 0 spiro atoms. The number of benzene rings is 3. The molecule has 1 heterocycles. The number of carbonyl (C=O) groups is 2. The van der Waals surface area contributed by atoms with E-state index in [0.29, 0.717) is 28.4 Å². The minimum atomic E-state index is -0.384. The molecule has 6 heteroatoms. The van der Waals surface area contributed by atoms with E-state index in [-0.39, 0.29) is 11.7 Å². The Morgan fingerprint density at radius 2 is 1.68 bits per heavy atom. The number of furan rings is 1. The Morgan fingerprint density at radius 1 is 0.968 bits per heavy atom. The number of carbonyl (C=O) groups excluding carboxylic acids is 2. The second kappa shape index (κ2) is 8.67. The second-order valence-corrected chi connectivity index (χ2v) is 6.93. The van der Waals surface area contributed by atoms with Gasteiger partial charge in [0.05, 0.1) is 18.9 Å². The first kappa shape index (κ1) is 20.1. The van der Waals surface area contributed by atoms with Crippen LogP contribution in [0.4, 0.5) is 0 Å². The summed E-state index contributed by atoms with van der Waals surface area (Å²) >= 11 is 0. The number of ether oxygens (including phenoxy) is 1. The molecule has 1 N–H and O–H groups in total. The zero-order chi connectivity index (χ0) is 21.8. The Balaban J connectivity index is 1.47. The van der Waals surface area contributed by atoms with E-state index in [1.165, 1.54) is 20.2 Å². The van der Waals surface area contributed by atoms with Crippen LogP contribution in [0.1, 0.15) is 33.4 Å². The zero-order valence-electron chi connectivity index (χ0n) is 17.1. The lowest BCUT2D eigenvalue weighted by atomic mass is 10.1. The molecule has 0 aliphatic heterocycles. The number of methoxy groups -OCH3 is 1. The van der Waals surface area contributed by atoms with Crippen molar-refractivity contribution in [3.05, 3.63) is 89.7 Å². The lowest BCUT2D eigenvalue weighted by Gasteiger charge is -2.09. The van der Waals surface area contributed by atoms with Crippen molar-refractivity contribution in [2.24, 2.45) is 5.10 Å². The molecule has 4 rings (SSSR count). The minimum Gasteiger partial charge on any atom is -0.496 e. The highest BCUT2D eigenvalue weighted by atomic mass is 16.5. The summed E-state index contributed by atoms with van der Waals surface area (Å²) in [5, 5.41) is 5.92. The van der Waals surface area contributed by atoms with Crippen LogP contribution in [0.3, 0.4) is 0 Å². The van der Waals surface area contributed by atoms with Crippen LogP contribution >= 0.6 is 0 Å². The van der Waals surface area contributed by atoms with Crippen molar-refractivity contribution in [2.45, 2.75) is 6.92 Å². The highest BCUT2D eigenvalue weighted by Gasteiger charge is 2.13. The Labute approximate surface area is 179 Å². The first-order valence-electron chi connectivity index (χ1n) is 9.66. The quantitative estimate of drug-likeness (QED) is 0.272. The monoisotopic (exact) mass is 412 g/mol. The summed E-state index contributed by atoms with van der Waals surface area (Å²) in [7, 11) is 1.53. The van der Waals surface area contributed by atoms with Crippen LogP contribution < -0.4 is 10.2 Å². The van der Waals surface area contributed by atoms with Gasteiger partial charge < -0.3 is 9.15 Å². The van der Waals surface area contributed by atoms with Crippen LogP contribution in [0.25, 0.3) is 22.1 Å². The number of nitrogens with one attached hydrogen (secondary N) is 1. The fourth-order valence-electron chi connectivity index (χ4n) is 3.23. The summed E-state index contributed by atoms with van der Waals surface area (Å²) < 4.78 is 11.1. The van der Waals surface area contributed by atoms with Gasteiger partial charge in [-0.05, 0) is 42.0 Å². The van der Waals surface area contributed by atoms with Gasteiger partial charge in [-0.25, -0.2) is 5.43 Å². The molecule has 0 fully saturated rings. The van der Waals surface area contributed by atoms with Crippen molar-refractivity contribution in [1.29, 1.82) is 0 Å². The predicted molar refractivity (Wildman–Crippen MR) is 120 cm³/mol. The topological polar surface area (TPSA) is 80.9 Å². The van der Waals surface area contributed by atoms with Crippen molar-refractivity contribution < 1.29 is 18.7 Å². The van der Waals surface area contributed by atoms with Crippen molar-refractivity contribution in [2.75, 3.05) is 7.11 Å². The van der Waals surface area contributed by atoms with Gasteiger partial charge in [0.15, 0.2) is 5.78 Å². The van der Waals surface area contributed by atoms with E-state index >= 15 is 0 Å². The van der Waals surface area contributed by atoms with Crippen molar-refractivity contribution in [1.82, 2.24) is 5.43 Å². The third kappa shape index (κ3) is 4.38. The van der Waals surface area contributed by atoms with Gasteiger partial charge in [-0.1, -0.05) is 48.5 Å². The molecule has 0 saturated heterocycles. The first-order valence-corrected chi connectivity index (χ1v) is 9.66. The molecule has 0 unspecified atom stereocenters. The Morgan fingerprint density at radius 3 is 2.35 bits per heavy atom. The summed E-state index contributed by atoms with van der Waals surface area (Å²) in [6, 6.07) is 22.0. The number of Topliss-reactive ketones (excluding diaryl/α,β-unsaturated/α-hetero) is 1. The molecule has 0 aliphatic carbocycles. The van der Waals surface area contributed by atoms with Gasteiger partial charge in [-0.2, -0.15) is 5.10 Å². The third-order valence-corrected chi connectivity index (χ3v) is 4.87. The molecular formula is C25H20N2O4. The van der Waals surface area contributed by atoms with Gasteiger partial charge in [0.25, 0.3) is 5.91 Å². The zero-order valence-corrected chi connectivity index (χ0v) is 17.1. The van der Waals surface area contributed by atoms with E-state index in [4.69, 9.17) is 9.15 Å². The molecule has 1 amide bonds. The Bertz CT molecular complexity index is 1290. The lowest BCUT2D eigenvalue weighted by molar-refractivity contribution is 0.0951. The molecule has 3 aromatic carbocycles. The number of amides is 1. The SMILES string of the molecule is COc1cc2ccccc2cc1C(=O)NN=Cc1ccc(-c2ccc(C(C)=O)cc2)o1. The van der Waals surface area contributed by atoms with Crippen LogP contribution in [-0.2, 0) is 0 Å². The summed E-state index contributed by atoms with van der Waals surface area (Å²) in [5.74, 6) is 1.22. The van der Waals surface area contributed by atoms with Gasteiger partial charge in [-0.3, -0.25) is 9.59 Å². The average Bonchev–Trinajstić information content (AvgIpc) is 3.27. The fourth-order valence-corrected chi connectivity index (χ4v) is 3.23. The highest BCUT2D eigenvalue weighted by Crippen LogP contribution is 2.26. The maximum absolute atomic E-state index is 12.6. The number of hydrogen-bond donors (Lipinski definition) is 1.